The topological polar surface area (TPSA) is 111 Å². The van der Waals surface area contributed by atoms with Crippen molar-refractivity contribution in [1.82, 2.24) is 0 Å². The summed E-state index contributed by atoms with van der Waals surface area (Å²) in [6, 6.07) is 4.83. The van der Waals surface area contributed by atoms with Crippen LogP contribution in [-0.4, -0.2) is 55.2 Å². The lowest BCUT2D eigenvalue weighted by Crippen LogP contribution is -2.36. The molecule has 0 spiro atoms. The fourth-order valence-electron chi connectivity index (χ4n) is 2.56. The lowest BCUT2D eigenvalue weighted by Gasteiger charge is -2.29. The molecular weight excluding hydrogens is 340 g/mol. The number of carbonyl (C=O) groups is 2. The van der Waals surface area contributed by atoms with Crippen LogP contribution in [0.5, 0.6) is 5.75 Å². The Hall–Kier alpha value is -2.32. The number of benzene rings is 1. The molecule has 26 heavy (non-hydrogen) atoms. The third-order valence-electron chi connectivity index (χ3n) is 3.64. The minimum Gasteiger partial charge on any atom is -0.478 e. The van der Waals surface area contributed by atoms with E-state index in [1.165, 1.54) is 6.07 Å². The number of carboxylic acid groups (broad SMARTS) is 1. The van der Waals surface area contributed by atoms with E-state index in [1.54, 1.807) is 32.9 Å². The Bertz CT molecular complexity index is 650. The minimum absolute atomic E-state index is 0.0124. The molecule has 2 rings (SSSR count). The third kappa shape index (κ3) is 5.89. The van der Waals surface area contributed by atoms with Gasteiger partial charge in [0.2, 0.25) is 0 Å². The average molecular weight is 366 g/mol. The molecule has 0 bridgehead atoms. The van der Waals surface area contributed by atoms with Gasteiger partial charge < -0.3 is 24.2 Å². The Kier molecular flexibility index (Phi) is 6.44. The zero-order chi connectivity index (χ0) is 19.3. The number of aromatic carboxylic acids is 1. The molecule has 0 saturated carbocycles. The van der Waals surface area contributed by atoms with Crippen molar-refractivity contribution in [3.8, 4) is 5.75 Å². The number of hydrogen-bond acceptors (Lipinski definition) is 7. The van der Waals surface area contributed by atoms with Gasteiger partial charge in [-0.1, -0.05) is 0 Å². The number of morpholine rings is 1. The van der Waals surface area contributed by atoms with Crippen molar-refractivity contribution < 1.29 is 28.9 Å². The van der Waals surface area contributed by atoms with Gasteiger partial charge in [0.25, 0.3) is 0 Å². The summed E-state index contributed by atoms with van der Waals surface area (Å²) in [6.45, 7) is 7.89. The van der Waals surface area contributed by atoms with E-state index in [-0.39, 0.29) is 17.7 Å². The van der Waals surface area contributed by atoms with Crippen LogP contribution in [0.15, 0.2) is 18.2 Å². The molecule has 1 atom stereocenters. The number of carbonyl (C=O) groups excluding carboxylic acids is 1. The fraction of sp³-hybridized carbons (Fsp3) is 0.556. The second-order valence-electron chi connectivity index (χ2n) is 7.03. The Morgan fingerprint density at radius 2 is 1.96 bits per heavy atom. The number of nitrogens with two attached hydrogens (primary N) is 1. The molecule has 1 aliphatic rings. The Morgan fingerprint density at radius 3 is 2.54 bits per heavy atom. The first-order chi connectivity index (χ1) is 12.2. The summed E-state index contributed by atoms with van der Waals surface area (Å²) in [5.41, 5.74) is 6.05. The number of hydrogen-bond donors (Lipinski definition) is 2. The Labute approximate surface area is 152 Å². The monoisotopic (exact) mass is 366 g/mol. The summed E-state index contributed by atoms with van der Waals surface area (Å²) in [6.07, 6.45) is -1.19. The number of esters is 1. The maximum atomic E-state index is 11.9. The summed E-state index contributed by atoms with van der Waals surface area (Å²) in [7, 11) is 0. The molecule has 1 fully saturated rings. The predicted molar refractivity (Wildman–Crippen MR) is 95.5 cm³/mol. The molecule has 144 valence electrons. The highest BCUT2D eigenvalue weighted by Gasteiger charge is 2.22. The molecule has 0 aromatic heterocycles. The molecular formula is C18H26N2O6. The average Bonchev–Trinajstić information content (AvgIpc) is 2.53. The van der Waals surface area contributed by atoms with Gasteiger partial charge >= 0.3 is 11.9 Å². The molecule has 0 amide bonds. The van der Waals surface area contributed by atoms with Crippen LogP contribution in [0.3, 0.4) is 0 Å². The second-order valence-corrected chi connectivity index (χ2v) is 7.03. The van der Waals surface area contributed by atoms with Crippen LogP contribution in [-0.2, 0) is 14.3 Å². The van der Waals surface area contributed by atoms with E-state index in [9.17, 15) is 14.7 Å². The van der Waals surface area contributed by atoms with E-state index in [0.29, 0.717) is 26.3 Å². The summed E-state index contributed by atoms with van der Waals surface area (Å²) >= 11 is 0. The van der Waals surface area contributed by atoms with E-state index >= 15 is 0 Å². The molecule has 1 aromatic rings. The SMILES string of the molecule is CC(C)(C)OC(=O)CC(N)Oc1cc(N2CCOCC2)ccc1C(=O)O. The van der Waals surface area contributed by atoms with Gasteiger partial charge in [-0.2, -0.15) is 0 Å². The zero-order valence-electron chi connectivity index (χ0n) is 15.4. The predicted octanol–water partition coefficient (Wildman–Crippen LogP) is 1.62. The van der Waals surface area contributed by atoms with E-state index in [4.69, 9.17) is 19.9 Å². The normalized spacial score (nSPS) is 16.1. The molecule has 1 heterocycles. The molecule has 0 radical (unpaired) electrons. The summed E-state index contributed by atoms with van der Waals surface area (Å²) in [5.74, 6) is -1.51. The first-order valence-corrected chi connectivity index (χ1v) is 8.50. The van der Waals surface area contributed by atoms with Gasteiger partial charge in [-0.15, -0.1) is 0 Å². The van der Waals surface area contributed by atoms with Crippen molar-refractivity contribution >= 4 is 17.6 Å². The number of anilines is 1. The van der Waals surface area contributed by atoms with Gasteiger partial charge in [-0.05, 0) is 32.9 Å². The van der Waals surface area contributed by atoms with E-state index in [0.717, 1.165) is 5.69 Å². The maximum absolute atomic E-state index is 11.9. The van der Waals surface area contributed by atoms with Gasteiger partial charge in [0, 0.05) is 24.8 Å². The van der Waals surface area contributed by atoms with Crippen LogP contribution >= 0.6 is 0 Å². The fourth-order valence-corrected chi connectivity index (χ4v) is 2.56. The van der Waals surface area contributed by atoms with Gasteiger partial charge in [-0.25, -0.2) is 4.79 Å². The first kappa shape index (κ1) is 20.0. The third-order valence-corrected chi connectivity index (χ3v) is 3.64. The van der Waals surface area contributed by atoms with Crippen LogP contribution in [0.1, 0.15) is 37.6 Å². The molecule has 1 unspecified atom stereocenters. The number of ether oxygens (including phenoxy) is 3. The highest BCUT2D eigenvalue weighted by atomic mass is 16.6. The Morgan fingerprint density at radius 1 is 1.31 bits per heavy atom. The van der Waals surface area contributed by atoms with E-state index in [2.05, 4.69) is 4.90 Å². The largest absolute Gasteiger partial charge is 0.478 e. The van der Waals surface area contributed by atoms with Crippen molar-refractivity contribution in [3.05, 3.63) is 23.8 Å². The standard InChI is InChI=1S/C18H26N2O6/c1-18(2,3)26-16(21)11-15(19)25-14-10-12(4-5-13(14)17(22)23)20-6-8-24-9-7-20/h4-5,10,15H,6-9,11,19H2,1-3H3,(H,22,23). The van der Waals surface area contributed by atoms with Gasteiger partial charge in [-0.3, -0.25) is 10.5 Å². The van der Waals surface area contributed by atoms with Crippen LogP contribution in [0, 0.1) is 0 Å². The zero-order valence-corrected chi connectivity index (χ0v) is 15.4. The molecule has 8 heteroatoms. The molecule has 1 aliphatic heterocycles. The summed E-state index contributed by atoms with van der Waals surface area (Å²) in [4.78, 5) is 25.4. The van der Waals surface area contributed by atoms with E-state index in [1.807, 2.05) is 0 Å². The Balaban J connectivity index is 2.12. The van der Waals surface area contributed by atoms with Gasteiger partial charge in [0.05, 0.1) is 19.6 Å². The van der Waals surface area contributed by atoms with Crippen molar-refractivity contribution in [1.29, 1.82) is 0 Å². The van der Waals surface area contributed by atoms with Crippen molar-refractivity contribution in [2.45, 2.75) is 39.0 Å². The molecule has 0 aliphatic carbocycles. The number of carboxylic acids is 1. The highest BCUT2D eigenvalue weighted by Crippen LogP contribution is 2.27. The molecule has 3 N–H and O–H groups in total. The smallest absolute Gasteiger partial charge is 0.339 e. The van der Waals surface area contributed by atoms with Crippen molar-refractivity contribution in [2.24, 2.45) is 5.73 Å². The van der Waals surface area contributed by atoms with Crippen molar-refractivity contribution in [3.63, 3.8) is 0 Å². The lowest BCUT2D eigenvalue weighted by atomic mass is 10.1. The number of nitrogens with zero attached hydrogens (tertiary/aromatic N) is 1. The maximum Gasteiger partial charge on any atom is 0.339 e. The number of rotatable bonds is 6. The molecule has 8 nitrogen and oxygen atoms in total. The highest BCUT2D eigenvalue weighted by molar-refractivity contribution is 5.91. The van der Waals surface area contributed by atoms with Crippen LogP contribution < -0.4 is 15.4 Å². The van der Waals surface area contributed by atoms with Crippen LogP contribution in [0.4, 0.5) is 5.69 Å². The van der Waals surface area contributed by atoms with E-state index < -0.39 is 23.8 Å². The minimum atomic E-state index is -1.13. The summed E-state index contributed by atoms with van der Waals surface area (Å²) < 4.78 is 16.1. The van der Waals surface area contributed by atoms with Crippen LogP contribution in [0.2, 0.25) is 0 Å². The molecule has 1 aromatic carbocycles. The quantitative estimate of drug-likeness (QED) is 0.577. The van der Waals surface area contributed by atoms with Gasteiger partial charge in [0.15, 0.2) is 6.23 Å². The van der Waals surface area contributed by atoms with Gasteiger partial charge in [0.1, 0.15) is 16.9 Å². The first-order valence-electron chi connectivity index (χ1n) is 8.50. The lowest BCUT2D eigenvalue weighted by molar-refractivity contribution is -0.156. The summed E-state index contributed by atoms with van der Waals surface area (Å²) in [5, 5.41) is 9.37. The molecule has 1 saturated heterocycles. The van der Waals surface area contributed by atoms with Crippen LogP contribution in [0.25, 0.3) is 0 Å². The van der Waals surface area contributed by atoms with Crippen molar-refractivity contribution in [2.75, 3.05) is 31.2 Å². The second kappa shape index (κ2) is 8.37.